The van der Waals surface area contributed by atoms with Crippen LogP contribution in [0.3, 0.4) is 0 Å². The van der Waals surface area contributed by atoms with Crippen LogP contribution in [0.4, 0.5) is 4.39 Å². The van der Waals surface area contributed by atoms with Gasteiger partial charge >= 0.3 is 0 Å². The molecule has 3 aromatic carbocycles. The summed E-state index contributed by atoms with van der Waals surface area (Å²) in [4.78, 5) is 29.6. The molecule has 0 aliphatic carbocycles. The topological polar surface area (TPSA) is 124 Å². The summed E-state index contributed by atoms with van der Waals surface area (Å²) in [6.45, 7) is 0.135. The lowest BCUT2D eigenvalue weighted by Gasteiger charge is -2.19. The maximum atomic E-state index is 13.7. The van der Waals surface area contributed by atoms with Gasteiger partial charge in [-0.25, -0.2) is 4.39 Å². The van der Waals surface area contributed by atoms with E-state index in [4.69, 9.17) is 19.9 Å². The van der Waals surface area contributed by atoms with Crippen molar-refractivity contribution in [2.75, 3.05) is 21.3 Å². The fourth-order valence-corrected chi connectivity index (χ4v) is 3.71. The quantitative estimate of drug-likeness (QED) is 0.261. The van der Waals surface area contributed by atoms with Gasteiger partial charge in [-0.2, -0.15) is 4.99 Å². The van der Waals surface area contributed by atoms with Crippen molar-refractivity contribution in [2.45, 2.75) is 25.4 Å². The first-order valence-corrected chi connectivity index (χ1v) is 11.8. The minimum Gasteiger partial charge on any atom is -0.497 e. The Labute approximate surface area is 220 Å². The molecule has 200 valence electrons. The summed E-state index contributed by atoms with van der Waals surface area (Å²) in [5, 5.41) is 5.67. The van der Waals surface area contributed by atoms with Crippen LogP contribution in [-0.2, 0) is 29.0 Å². The van der Waals surface area contributed by atoms with Gasteiger partial charge in [0.25, 0.3) is 5.91 Å². The van der Waals surface area contributed by atoms with Crippen molar-refractivity contribution in [3.63, 3.8) is 0 Å². The molecule has 1 unspecified atom stereocenters. The number of aliphatic imine (C=N–C) groups is 1. The average Bonchev–Trinajstić information content (AvgIpc) is 2.92. The van der Waals surface area contributed by atoms with Gasteiger partial charge in [-0.15, -0.1) is 0 Å². The molecule has 0 saturated heterocycles. The molecule has 0 radical (unpaired) electrons. The Morgan fingerprint density at radius 3 is 2.21 bits per heavy atom. The summed E-state index contributed by atoms with van der Waals surface area (Å²) in [5.74, 6) is -0.403. The highest BCUT2D eigenvalue weighted by atomic mass is 19.1. The molecule has 4 N–H and O–H groups in total. The molecule has 0 aliphatic heterocycles. The van der Waals surface area contributed by atoms with Crippen LogP contribution in [0, 0.1) is 5.82 Å². The van der Waals surface area contributed by atoms with Gasteiger partial charge in [0.2, 0.25) is 5.91 Å². The number of nitrogens with one attached hydrogen (secondary N) is 2. The molecular formula is C28H31FN4O5. The van der Waals surface area contributed by atoms with Crippen molar-refractivity contribution >= 4 is 17.8 Å². The van der Waals surface area contributed by atoms with E-state index in [1.165, 1.54) is 33.5 Å². The molecule has 3 aromatic rings. The molecule has 9 nitrogen and oxygen atoms in total. The first-order chi connectivity index (χ1) is 18.3. The van der Waals surface area contributed by atoms with Gasteiger partial charge in [0.15, 0.2) is 17.5 Å². The van der Waals surface area contributed by atoms with Gasteiger partial charge in [-0.3, -0.25) is 9.59 Å². The lowest BCUT2D eigenvalue weighted by molar-refractivity contribution is -0.123. The molecule has 0 aliphatic rings. The maximum absolute atomic E-state index is 13.7. The van der Waals surface area contributed by atoms with Crippen LogP contribution in [0.5, 0.6) is 17.2 Å². The Morgan fingerprint density at radius 2 is 1.58 bits per heavy atom. The summed E-state index contributed by atoms with van der Waals surface area (Å²) in [6.07, 6.45) is 0.245. The third-order valence-electron chi connectivity index (χ3n) is 5.62. The molecule has 0 saturated carbocycles. The van der Waals surface area contributed by atoms with Crippen LogP contribution >= 0.6 is 0 Å². The molecule has 0 fully saturated rings. The number of hydrogen-bond acceptors (Lipinski definition) is 5. The highest BCUT2D eigenvalue weighted by Gasteiger charge is 2.20. The number of rotatable bonds is 11. The SMILES string of the molecule is COc1cc(CC(=O)N=C(N)NC(Cc2ccccc2)C(=O)NCc2ccc(F)c(OC)c2)cc(OC)c1. The molecule has 0 spiro atoms. The van der Waals surface area contributed by atoms with Crippen molar-refractivity contribution in [1.29, 1.82) is 0 Å². The van der Waals surface area contributed by atoms with Gasteiger partial charge in [-0.05, 0) is 41.0 Å². The summed E-state index contributed by atoms with van der Waals surface area (Å²) in [5.41, 5.74) is 8.19. The Bertz CT molecular complexity index is 1260. The van der Waals surface area contributed by atoms with E-state index in [1.807, 2.05) is 30.3 Å². The zero-order chi connectivity index (χ0) is 27.5. The maximum Gasteiger partial charge on any atom is 0.253 e. The van der Waals surface area contributed by atoms with Crippen molar-refractivity contribution in [2.24, 2.45) is 10.7 Å². The smallest absolute Gasteiger partial charge is 0.253 e. The molecular weight excluding hydrogens is 491 g/mol. The second-order valence-corrected chi connectivity index (χ2v) is 8.36. The fourth-order valence-electron chi connectivity index (χ4n) is 3.71. The Hall–Kier alpha value is -4.60. The van der Waals surface area contributed by atoms with Crippen LogP contribution < -0.4 is 30.6 Å². The Morgan fingerprint density at radius 1 is 0.895 bits per heavy atom. The van der Waals surface area contributed by atoms with Crippen LogP contribution in [-0.4, -0.2) is 45.1 Å². The minimum atomic E-state index is -0.826. The number of ether oxygens (including phenoxy) is 3. The van der Waals surface area contributed by atoms with Gasteiger partial charge in [0, 0.05) is 19.0 Å². The van der Waals surface area contributed by atoms with Gasteiger partial charge in [0.05, 0.1) is 27.8 Å². The number of methoxy groups -OCH3 is 3. The van der Waals surface area contributed by atoms with Crippen molar-refractivity contribution in [3.05, 3.63) is 89.2 Å². The van der Waals surface area contributed by atoms with E-state index >= 15 is 0 Å². The monoisotopic (exact) mass is 522 g/mol. The van der Waals surface area contributed by atoms with E-state index in [0.29, 0.717) is 22.6 Å². The van der Waals surface area contributed by atoms with E-state index in [2.05, 4.69) is 15.6 Å². The lowest BCUT2D eigenvalue weighted by Crippen LogP contribution is -2.50. The number of hydrogen-bond donors (Lipinski definition) is 3. The summed E-state index contributed by atoms with van der Waals surface area (Å²) < 4.78 is 29.2. The van der Waals surface area contributed by atoms with E-state index in [-0.39, 0.29) is 37.0 Å². The third-order valence-corrected chi connectivity index (χ3v) is 5.62. The molecule has 0 aromatic heterocycles. The number of amides is 2. The molecule has 3 rings (SSSR count). The number of nitrogens with zero attached hydrogens (tertiary/aromatic N) is 1. The zero-order valence-electron chi connectivity index (χ0n) is 21.5. The van der Waals surface area contributed by atoms with E-state index < -0.39 is 17.8 Å². The van der Waals surface area contributed by atoms with E-state index in [0.717, 1.165) is 5.56 Å². The molecule has 38 heavy (non-hydrogen) atoms. The molecule has 2 amide bonds. The molecule has 1 atom stereocenters. The van der Waals surface area contributed by atoms with E-state index in [1.54, 1.807) is 24.3 Å². The number of guanidine groups is 1. The molecule has 0 heterocycles. The van der Waals surface area contributed by atoms with E-state index in [9.17, 15) is 14.0 Å². The molecule has 10 heteroatoms. The predicted octanol–water partition coefficient (Wildman–Crippen LogP) is 2.75. The number of halogens is 1. The molecule has 0 bridgehead atoms. The normalized spacial score (nSPS) is 11.8. The number of carbonyl (C=O) groups excluding carboxylic acids is 2. The highest BCUT2D eigenvalue weighted by Crippen LogP contribution is 2.23. The number of benzene rings is 3. The van der Waals surface area contributed by atoms with Crippen LogP contribution in [0.2, 0.25) is 0 Å². The van der Waals surface area contributed by atoms with Crippen molar-refractivity contribution in [3.8, 4) is 17.2 Å². The minimum absolute atomic E-state index is 0.0438. The average molecular weight is 523 g/mol. The Kier molecular flexibility index (Phi) is 10.0. The lowest BCUT2D eigenvalue weighted by atomic mass is 10.1. The summed E-state index contributed by atoms with van der Waals surface area (Å²) >= 11 is 0. The van der Waals surface area contributed by atoms with Crippen LogP contribution in [0.15, 0.2) is 71.7 Å². The Balaban J connectivity index is 1.71. The standard InChI is InChI=1S/C28H31FN4O5/c1-36-21-11-20(12-22(16-21)37-2)15-26(34)33-28(30)32-24(13-18-7-5-4-6-8-18)27(35)31-17-19-9-10-23(29)25(14-19)38-3/h4-12,14,16,24H,13,15,17H2,1-3H3,(H,31,35)(H3,30,32,33,34). The first kappa shape index (κ1) is 28.0. The predicted molar refractivity (Wildman–Crippen MR) is 142 cm³/mol. The van der Waals surface area contributed by atoms with Crippen LogP contribution in [0.1, 0.15) is 16.7 Å². The van der Waals surface area contributed by atoms with Gasteiger partial charge < -0.3 is 30.6 Å². The summed E-state index contributed by atoms with van der Waals surface area (Å²) in [6, 6.07) is 18.0. The second-order valence-electron chi connectivity index (χ2n) is 8.36. The first-order valence-electron chi connectivity index (χ1n) is 11.8. The highest BCUT2D eigenvalue weighted by molar-refractivity contribution is 5.95. The zero-order valence-corrected chi connectivity index (χ0v) is 21.5. The van der Waals surface area contributed by atoms with Gasteiger partial charge in [-0.1, -0.05) is 36.4 Å². The second kappa shape index (κ2) is 13.6. The number of nitrogens with two attached hydrogens (primary N) is 1. The summed E-state index contributed by atoms with van der Waals surface area (Å²) in [7, 11) is 4.41. The van der Waals surface area contributed by atoms with Crippen molar-refractivity contribution in [1.82, 2.24) is 10.6 Å². The largest absolute Gasteiger partial charge is 0.497 e. The van der Waals surface area contributed by atoms with Gasteiger partial charge in [0.1, 0.15) is 17.5 Å². The van der Waals surface area contributed by atoms with Crippen molar-refractivity contribution < 1.29 is 28.2 Å². The fraction of sp³-hybridized carbons (Fsp3) is 0.250. The number of carbonyl (C=O) groups is 2. The van der Waals surface area contributed by atoms with Crippen LogP contribution in [0.25, 0.3) is 0 Å². The third kappa shape index (κ3) is 8.22.